The lowest BCUT2D eigenvalue weighted by atomic mass is 9.72. The van der Waals surface area contributed by atoms with E-state index < -0.39 is 24.0 Å². The lowest BCUT2D eigenvalue weighted by Gasteiger charge is -2.35. The lowest BCUT2D eigenvalue weighted by molar-refractivity contribution is -0.141. The summed E-state index contributed by atoms with van der Waals surface area (Å²) in [7, 11) is 1.93. The van der Waals surface area contributed by atoms with E-state index in [0.29, 0.717) is 28.9 Å². The van der Waals surface area contributed by atoms with Gasteiger partial charge >= 0.3 is 6.18 Å². The molecule has 2 saturated carbocycles. The molecule has 3 aromatic heterocycles. The smallest absolute Gasteiger partial charge is 0.392 e. The van der Waals surface area contributed by atoms with Crippen LogP contribution < -0.4 is 5.32 Å². The van der Waals surface area contributed by atoms with Crippen LogP contribution in [0.15, 0.2) is 36.7 Å². The number of fused-ring (bicyclic) bond motifs is 1. The molecular formula is C27H30F3N7O. The minimum absolute atomic E-state index is 0.0440. The highest BCUT2D eigenvalue weighted by Crippen LogP contribution is 2.44. The average molecular weight is 526 g/mol. The van der Waals surface area contributed by atoms with E-state index >= 15 is 0 Å². The minimum Gasteiger partial charge on any atom is -0.392 e. The Labute approximate surface area is 217 Å². The van der Waals surface area contributed by atoms with Gasteiger partial charge in [-0.05, 0) is 56.2 Å². The van der Waals surface area contributed by atoms with E-state index in [1.54, 1.807) is 13.3 Å². The molecule has 200 valence electrons. The predicted octanol–water partition coefficient (Wildman–Crippen LogP) is 4.88. The third-order valence-electron chi connectivity index (χ3n) is 8.15. The number of aryl methyl sites for hydroxylation is 1. The van der Waals surface area contributed by atoms with Gasteiger partial charge in [0.15, 0.2) is 0 Å². The van der Waals surface area contributed by atoms with Gasteiger partial charge in [0.05, 0.1) is 17.3 Å². The highest BCUT2D eigenvalue weighted by Gasteiger charge is 2.37. The number of H-pyrrole nitrogens is 1. The molecule has 0 saturated heterocycles. The Morgan fingerprint density at radius 3 is 2.58 bits per heavy atom. The summed E-state index contributed by atoms with van der Waals surface area (Å²) in [6.07, 6.45) is 1.38. The van der Waals surface area contributed by atoms with E-state index in [1.165, 1.54) is 6.42 Å². The Bertz CT molecular complexity index is 1460. The fourth-order valence-corrected chi connectivity index (χ4v) is 5.65. The van der Waals surface area contributed by atoms with Crippen LogP contribution in [0.2, 0.25) is 0 Å². The molecule has 0 bridgehead atoms. The molecular weight excluding hydrogens is 495 g/mol. The van der Waals surface area contributed by atoms with Crippen molar-refractivity contribution in [3.8, 4) is 11.3 Å². The first-order chi connectivity index (χ1) is 18.2. The van der Waals surface area contributed by atoms with Crippen molar-refractivity contribution in [1.82, 2.24) is 35.3 Å². The van der Waals surface area contributed by atoms with Crippen molar-refractivity contribution < 1.29 is 18.3 Å². The van der Waals surface area contributed by atoms with Gasteiger partial charge in [0, 0.05) is 36.0 Å². The molecule has 38 heavy (non-hydrogen) atoms. The van der Waals surface area contributed by atoms with Crippen LogP contribution in [0.1, 0.15) is 73.8 Å². The summed E-state index contributed by atoms with van der Waals surface area (Å²) in [6.45, 7) is 1.76. The monoisotopic (exact) mass is 525 g/mol. The second kappa shape index (κ2) is 9.46. The number of halogens is 3. The molecule has 8 nitrogen and oxygen atoms in total. The van der Waals surface area contributed by atoms with Crippen LogP contribution in [-0.2, 0) is 13.2 Å². The van der Waals surface area contributed by atoms with Crippen LogP contribution >= 0.6 is 0 Å². The van der Waals surface area contributed by atoms with Gasteiger partial charge in [-0.3, -0.25) is 5.10 Å². The maximum Gasteiger partial charge on any atom is 0.433 e. The number of benzene rings is 1. The van der Waals surface area contributed by atoms with Gasteiger partial charge in [-0.25, -0.2) is 4.98 Å². The SMILES string of the molecule is C[C@H](N[C@@H]1CC[C@H]1O)c1nc(C(F)(F)F)cc2c(-c3cccc([C@H](c4nncn4C)C4CCC4)c3)n[nH]c12. The van der Waals surface area contributed by atoms with Gasteiger partial charge in [-0.1, -0.05) is 24.6 Å². The lowest BCUT2D eigenvalue weighted by Crippen LogP contribution is -2.48. The number of nitrogens with zero attached hydrogens (tertiary/aromatic N) is 5. The molecule has 4 atom stereocenters. The summed E-state index contributed by atoms with van der Waals surface area (Å²) in [5, 5.41) is 29.5. The molecule has 0 spiro atoms. The Balaban J connectivity index is 1.43. The number of hydrogen-bond acceptors (Lipinski definition) is 6. The largest absolute Gasteiger partial charge is 0.433 e. The van der Waals surface area contributed by atoms with E-state index in [2.05, 4.69) is 30.7 Å². The number of nitrogens with one attached hydrogen (secondary N) is 2. The first-order valence-corrected chi connectivity index (χ1v) is 13.0. The summed E-state index contributed by atoms with van der Waals surface area (Å²) in [6, 6.07) is 8.22. The maximum absolute atomic E-state index is 13.9. The Kier molecular flexibility index (Phi) is 6.22. The molecule has 1 aromatic carbocycles. The number of alkyl halides is 3. The van der Waals surface area contributed by atoms with Crippen molar-refractivity contribution in [2.45, 2.75) is 69.3 Å². The molecule has 11 heteroatoms. The van der Waals surface area contributed by atoms with Crippen molar-refractivity contribution in [3.63, 3.8) is 0 Å². The second-order valence-electron chi connectivity index (χ2n) is 10.6. The number of aliphatic hydroxyl groups is 1. The van der Waals surface area contributed by atoms with Gasteiger partial charge in [0.25, 0.3) is 0 Å². The molecule has 0 radical (unpaired) electrons. The maximum atomic E-state index is 13.9. The average Bonchev–Trinajstić information content (AvgIpc) is 3.48. The normalized spacial score (nSPS) is 21.7. The van der Waals surface area contributed by atoms with E-state index in [0.717, 1.165) is 42.3 Å². The zero-order valence-corrected chi connectivity index (χ0v) is 21.2. The fraction of sp³-hybridized carbons (Fsp3) is 0.481. The number of rotatable bonds is 7. The van der Waals surface area contributed by atoms with Crippen molar-refractivity contribution in [1.29, 1.82) is 0 Å². The highest BCUT2D eigenvalue weighted by atomic mass is 19.4. The van der Waals surface area contributed by atoms with Crippen LogP contribution in [0.4, 0.5) is 13.2 Å². The third kappa shape index (κ3) is 4.37. The fourth-order valence-electron chi connectivity index (χ4n) is 5.65. The van der Waals surface area contributed by atoms with Gasteiger partial charge in [0.2, 0.25) is 0 Å². The molecule has 0 aliphatic heterocycles. The molecule has 3 heterocycles. The zero-order chi connectivity index (χ0) is 26.6. The van der Waals surface area contributed by atoms with E-state index in [9.17, 15) is 18.3 Å². The van der Waals surface area contributed by atoms with Gasteiger partial charge in [-0.2, -0.15) is 18.3 Å². The standard InChI is InChI=1S/C27H30F3N7O/c1-14(32-19-9-10-20(19)38)23-25-18(12-21(33-23)27(28,29)30)24(34-35-25)17-8-4-7-16(11-17)22(15-5-3-6-15)26-36-31-13-37(26)2/h4,7-8,11-15,19-20,22,32,38H,3,5-6,9-10H2,1-2H3,(H,34,35)/t14-,19+,20+,22+/m0/s1. The third-order valence-corrected chi connectivity index (χ3v) is 8.15. The van der Waals surface area contributed by atoms with Gasteiger partial charge < -0.3 is 15.0 Å². The summed E-state index contributed by atoms with van der Waals surface area (Å²) in [5.74, 6) is 1.36. The Morgan fingerprint density at radius 1 is 1.16 bits per heavy atom. The van der Waals surface area contributed by atoms with Crippen LogP contribution in [0.5, 0.6) is 0 Å². The zero-order valence-electron chi connectivity index (χ0n) is 21.2. The molecule has 2 aliphatic carbocycles. The van der Waals surface area contributed by atoms with E-state index in [1.807, 2.05) is 35.9 Å². The summed E-state index contributed by atoms with van der Waals surface area (Å²) in [4.78, 5) is 3.99. The number of hydrogen-bond donors (Lipinski definition) is 3. The molecule has 6 rings (SSSR count). The summed E-state index contributed by atoms with van der Waals surface area (Å²) >= 11 is 0. The first-order valence-electron chi connectivity index (χ1n) is 13.0. The van der Waals surface area contributed by atoms with E-state index in [-0.39, 0.29) is 17.7 Å². The summed E-state index contributed by atoms with van der Waals surface area (Å²) in [5.41, 5.74) is 1.93. The van der Waals surface area contributed by atoms with Crippen molar-refractivity contribution >= 4 is 10.9 Å². The molecule has 0 unspecified atom stereocenters. The Morgan fingerprint density at radius 2 is 1.97 bits per heavy atom. The van der Waals surface area contributed by atoms with Crippen LogP contribution in [0.25, 0.3) is 22.2 Å². The number of aromatic amines is 1. The number of aliphatic hydroxyl groups excluding tert-OH is 1. The number of aromatic nitrogens is 6. The van der Waals surface area contributed by atoms with E-state index in [4.69, 9.17) is 0 Å². The topological polar surface area (TPSA) is 105 Å². The molecule has 2 fully saturated rings. The van der Waals surface area contributed by atoms with Crippen molar-refractivity contribution in [2.24, 2.45) is 13.0 Å². The van der Waals surface area contributed by atoms with Crippen LogP contribution in [0, 0.1) is 5.92 Å². The molecule has 4 aromatic rings. The second-order valence-corrected chi connectivity index (χ2v) is 10.6. The first kappa shape index (κ1) is 25.0. The summed E-state index contributed by atoms with van der Waals surface area (Å²) < 4.78 is 43.7. The molecule has 2 aliphatic rings. The Hall–Kier alpha value is -3.31. The number of pyridine rings is 1. The minimum atomic E-state index is -4.62. The molecule has 3 N–H and O–H groups in total. The highest BCUT2D eigenvalue weighted by molar-refractivity contribution is 5.94. The van der Waals surface area contributed by atoms with Crippen LogP contribution in [0.3, 0.4) is 0 Å². The predicted molar refractivity (Wildman–Crippen MR) is 135 cm³/mol. The van der Waals surface area contributed by atoms with Crippen LogP contribution in [-0.4, -0.2) is 47.2 Å². The molecule has 0 amide bonds. The van der Waals surface area contributed by atoms with Crippen molar-refractivity contribution in [3.05, 3.63) is 59.4 Å². The van der Waals surface area contributed by atoms with Crippen molar-refractivity contribution in [2.75, 3.05) is 0 Å². The quantitative estimate of drug-likeness (QED) is 0.318. The van der Waals surface area contributed by atoms with Gasteiger partial charge in [-0.15, -0.1) is 10.2 Å². The van der Waals surface area contributed by atoms with Gasteiger partial charge in [0.1, 0.15) is 23.5 Å².